The number of hydrogen-bond donors (Lipinski definition) is 4. The Morgan fingerprint density at radius 1 is 1.09 bits per heavy atom. The van der Waals surface area contributed by atoms with Crippen molar-refractivity contribution < 1.29 is 24.2 Å². The maximum absolute atomic E-state index is 11.6. The molecule has 126 valence electrons. The molecule has 0 radical (unpaired) electrons. The molecule has 0 aliphatic heterocycles. The number of carbonyl (C=O) groups excluding carboxylic acids is 2. The summed E-state index contributed by atoms with van der Waals surface area (Å²) in [6.45, 7) is 5.13. The number of ether oxygens (including phenoxy) is 1. The van der Waals surface area contributed by atoms with E-state index in [1.807, 2.05) is 0 Å². The molecule has 1 saturated carbocycles. The van der Waals surface area contributed by atoms with Crippen molar-refractivity contribution in [2.75, 3.05) is 6.54 Å². The van der Waals surface area contributed by atoms with Crippen LogP contribution in [0.25, 0.3) is 0 Å². The molecule has 8 heteroatoms. The van der Waals surface area contributed by atoms with E-state index in [0.717, 1.165) is 19.3 Å². The molecule has 3 amide bonds. The summed E-state index contributed by atoms with van der Waals surface area (Å²) in [5, 5.41) is 11.9. The molecule has 1 fully saturated rings. The molecule has 0 heterocycles. The Hall–Kier alpha value is -1.99. The number of carboxylic acids is 1. The summed E-state index contributed by atoms with van der Waals surface area (Å²) in [7, 11) is 0. The number of nitrogens with one attached hydrogen (secondary N) is 3. The SMILES string of the molecule is CC(C)(C)OC(=O)NNC(=O)NCC1(C(=O)O)CCCCC1. The first-order valence-electron chi connectivity index (χ1n) is 7.41. The van der Waals surface area contributed by atoms with Crippen LogP contribution in [-0.4, -0.2) is 35.3 Å². The summed E-state index contributed by atoms with van der Waals surface area (Å²) in [6, 6.07) is -0.669. The van der Waals surface area contributed by atoms with Gasteiger partial charge in [-0.25, -0.2) is 20.4 Å². The molecular formula is C14H25N3O5. The zero-order valence-electron chi connectivity index (χ0n) is 13.3. The van der Waals surface area contributed by atoms with E-state index in [9.17, 15) is 19.5 Å². The lowest BCUT2D eigenvalue weighted by atomic mass is 9.74. The summed E-state index contributed by atoms with van der Waals surface area (Å²) in [5.41, 5.74) is 2.65. The molecule has 0 aromatic carbocycles. The van der Waals surface area contributed by atoms with Crippen molar-refractivity contribution in [1.82, 2.24) is 16.2 Å². The molecule has 1 aliphatic rings. The van der Waals surface area contributed by atoms with E-state index in [1.165, 1.54) is 0 Å². The number of urea groups is 1. The summed E-state index contributed by atoms with van der Waals surface area (Å²) in [5.74, 6) is -0.896. The van der Waals surface area contributed by atoms with Crippen molar-refractivity contribution >= 4 is 18.1 Å². The second-order valence-corrected chi connectivity index (χ2v) is 6.58. The molecule has 0 atom stereocenters. The van der Waals surface area contributed by atoms with Gasteiger partial charge in [0.05, 0.1) is 5.41 Å². The topological polar surface area (TPSA) is 117 Å². The van der Waals surface area contributed by atoms with Gasteiger partial charge in [0.25, 0.3) is 0 Å². The molecule has 0 saturated heterocycles. The van der Waals surface area contributed by atoms with Gasteiger partial charge in [-0.2, -0.15) is 0 Å². The van der Waals surface area contributed by atoms with Crippen molar-refractivity contribution in [2.45, 2.75) is 58.5 Å². The quantitative estimate of drug-likeness (QED) is 0.592. The fraction of sp³-hybridized carbons (Fsp3) is 0.786. The lowest BCUT2D eigenvalue weighted by molar-refractivity contribution is -0.150. The van der Waals surface area contributed by atoms with Crippen LogP contribution in [-0.2, 0) is 9.53 Å². The van der Waals surface area contributed by atoms with Crippen LogP contribution >= 0.6 is 0 Å². The van der Waals surface area contributed by atoms with Crippen LogP contribution in [0.4, 0.5) is 9.59 Å². The van der Waals surface area contributed by atoms with Crippen LogP contribution in [0.15, 0.2) is 0 Å². The predicted octanol–water partition coefficient (Wildman–Crippen LogP) is 1.76. The van der Waals surface area contributed by atoms with Crippen molar-refractivity contribution in [1.29, 1.82) is 0 Å². The highest BCUT2D eigenvalue weighted by Gasteiger charge is 2.39. The molecule has 8 nitrogen and oxygen atoms in total. The minimum Gasteiger partial charge on any atom is -0.481 e. The summed E-state index contributed by atoms with van der Waals surface area (Å²) < 4.78 is 4.95. The zero-order valence-corrected chi connectivity index (χ0v) is 13.3. The molecule has 4 N–H and O–H groups in total. The van der Waals surface area contributed by atoms with Crippen molar-refractivity contribution in [3.8, 4) is 0 Å². The van der Waals surface area contributed by atoms with Gasteiger partial charge < -0.3 is 15.2 Å². The Labute approximate surface area is 129 Å². The summed E-state index contributed by atoms with van der Waals surface area (Å²) in [4.78, 5) is 34.5. The Bertz CT molecular complexity index is 425. The van der Waals surface area contributed by atoms with Gasteiger partial charge in [0.1, 0.15) is 5.60 Å². The number of amides is 3. The van der Waals surface area contributed by atoms with Gasteiger partial charge in [0.2, 0.25) is 0 Å². The molecular weight excluding hydrogens is 290 g/mol. The number of hydrogen-bond acceptors (Lipinski definition) is 4. The molecule has 0 unspecified atom stereocenters. The normalized spacial score (nSPS) is 17.2. The van der Waals surface area contributed by atoms with E-state index in [4.69, 9.17) is 4.74 Å². The van der Waals surface area contributed by atoms with Crippen molar-refractivity contribution in [3.63, 3.8) is 0 Å². The minimum absolute atomic E-state index is 0.0319. The van der Waals surface area contributed by atoms with Crippen molar-refractivity contribution in [3.05, 3.63) is 0 Å². The second-order valence-electron chi connectivity index (χ2n) is 6.58. The maximum Gasteiger partial charge on any atom is 0.426 e. The molecule has 1 rings (SSSR count). The first kappa shape index (κ1) is 18.1. The smallest absolute Gasteiger partial charge is 0.426 e. The van der Waals surface area contributed by atoms with Crippen LogP contribution in [0.2, 0.25) is 0 Å². The van der Waals surface area contributed by atoms with E-state index >= 15 is 0 Å². The van der Waals surface area contributed by atoms with Gasteiger partial charge in [0, 0.05) is 6.54 Å². The molecule has 22 heavy (non-hydrogen) atoms. The molecule has 0 aromatic rings. The second kappa shape index (κ2) is 7.33. The minimum atomic E-state index is -0.915. The Morgan fingerprint density at radius 3 is 2.18 bits per heavy atom. The van der Waals surface area contributed by atoms with E-state index in [-0.39, 0.29) is 6.54 Å². The summed E-state index contributed by atoms with van der Waals surface area (Å²) in [6.07, 6.45) is 3.00. The number of carbonyl (C=O) groups is 3. The van der Waals surface area contributed by atoms with Gasteiger partial charge in [-0.05, 0) is 33.6 Å². The highest BCUT2D eigenvalue weighted by Crippen LogP contribution is 2.35. The molecule has 1 aliphatic carbocycles. The average Bonchev–Trinajstić information content (AvgIpc) is 2.42. The Balaban J connectivity index is 2.38. The largest absolute Gasteiger partial charge is 0.481 e. The Kier molecular flexibility index (Phi) is 6.01. The first-order chi connectivity index (χ1) is 10.1. The van der Waals surface area contributed by atoms with Gasteiger partial charge in [-0.1, -0.05) is 19.3 Å². The first-order valence-corrected chi connectivity index (χ1v) is 7.41. The van der Waals surface area contributed by atoms with E-state index in [0.29, 0.717) is 12.8 Å². The molecule has 0 spiro atoms. The number of carboxylic acid groups (broad SMARTS) is 1. The standard InChI is InChI=1S/C14H25N3O5/c1-13(2,3)22-12(21)17-16-11(20)15-9-14(10(18)19)7-5-4-6-8-14/h4-9H2,1-3H3,(H,17,21)(H,18,19)(H2,15,16,20). The predicted molar refractivity (Wildman–Crippen MR) is 79.1 cm³/mol. The van der Waals surface area contributed by atoms with Gasteiger partial charge in [0.15, 0.2) is 0 Å². The van der Waals surface area contributed by atoms with E-state index < -0.39 is 29.1 Å². The molecule has 0 aromatic heterocycles. The third-order valence-electron chi connectivity index (χ3n) is 3.53. The maximum atomic E-state index is 11.6. The monoisotopic (exact) mass is 315 g/mol. The van der Waals surface area contributed by atoms with Crippen molar-refractivity contribution in [2.24, 2.45) is 5.41 Å². The lowest BCUT2D eigenvalue weighted by Gasteiger charge is -2.33. The third-order valence-corrected chi connectivity index (χ3v) is 3.53. The van der Waals surface area contributed by atoms with Crippen LogP contribution in [0.1, 0.15) is 52.9 Å². The van der Waals surface area contributed by atoms with Gasteiger partial charge >= 0.3 is 18.1 Å². The highest BCUT2D eigenvalue weighted by atomic mass is 16.6. The van der Waals surface area contributed by atoms with Crippen LogP contribution < -0.4 is 16.2 Å². The number of aliphatic carboxylic acids is 1. The van der Waals surface area contributed by atoms with Crippen LogP contribution in [0, 0.1) is 5.41 Å². The third kappa shape index (κ3) is 5.79. The van der Waals surface area contributed by atoms with E-state index in [2.05, 4.69) is 16.2 Å². The fourth-order valence-corrected chi connectivity index (χ4v) is 2.40. The highest BCUT2D eigenvalue weighted by molar-refractivity contribution is 5.79. The van der Waals surface area contributed by atoms with Crippen LogP contribution in [0.3, 0.4) is 0 Å². The average molecular weight is 315 g/mol. The van der Waals surface area contributed by atoms with Gasteiger partial charge in [-0.15, -0.1) is 0 Å². The fourth-order valence-electron chi connectivity index (χ4n) is 2.40. The Morgan fingerprint density at radius 2 is 1.68 bits per heavy atom. The lowest BCUT2D eigenvalue weighted by Crippen LogP contribution is -2.52. The summed E-state index contributed by atoms with van der Waals surface area (Å²) >= 11 is 0. The molecule has 0 bridgehead atoms. The zero-order chi connectivity index (χ0) is 16.8. The van der Waals surface area contributed by atoms with Crippen LogP contribution in [0.5, 0.6) is 0 Å². The number of hydrazine groups is 1. The van der Waals surface area contributed by atoms with Gasteiger partial charge in [-0.3, -0.25) is 4.79 Å². The number of rotatable bonds is 3. The van der Waals surface area contributed by atoms with E-state index in [1.54, 1.807) is 20.8 Å².